The molecule has 1 atom stereocenters. The molecule has 0 aromatic heterocycles. The topological polar surface area (TPSA) is 55.1 Å². The van der Waals surface area contributed by atoms with Crippen LogP contribution in [0.25, 0.3) is 0 Å². The Balaban J connectivity index is 0. The van der Waals surface area contributed by atoms with Gasteiger partial charge in [-0.15, -0.1) is 12.4 Å². The zero-order chi connectivity index (χ0) is 8.15. The lowest BCUT2D eigenvalue weighted by Crippen LogP contribution is -2.40. The molecule has 0 radical (unpaired) electrons. The molecule has 0 saturated carbocycles. The Bertz CT molecular complexity index is 121. The molecule has 0 fully saturated rings. The molecule has 3 N–H and O–H groups in total. The Kier molecular flexibility index (Phi) is 7.55. The summed E-state index contributed by atoms with van der Waals surface area (Å²) in [4.78, 5) is 10.5. The van der Waals surface area contributed by atoms with Gasteiger partial charge >= 0.3 is 0 Å². The Hall–Kier alpha value is -0.420. The lowest BCUT2D eigenvalue weighted by molar-refractivity contribution is -0.122. The van der Waals surface area contributed by atoms with Crippen LogP contribution < -0.4 is 11.1 Å². The molecule has 0 spiro atoms. The van der Waals surface area contributed by atoms with Crippen LogP contribution in [-0.2, 0) is 4.79 Å². The van der Waals surface area contributed by atoms with E-state index >= 15 is 0 Å². The van der Waals surface area contributed by atoms with E-state index in [9.17, 15) is 13.6 Å². The average Bonchev–Trinajstić information content (AvgIpc) is 1.82. The molecule has 0 aliphatic heterocycles. The van der Waals surface area contributed by atoms with E-state index in [-0.39, 0.29) is 12.4 Å². The Labute approximate surface area is 69.7 Å². The van der Waals surface area contributed by atoms with E-state index in [1.807, 2.05) is 5.32 Å². The van der Waals surface area contributed by atoms with Gasteiger partial charge in [-0.3, -0.25) is 4.79 Å². The minimum Gasteiger partial charge on any atom is -0.349 e. The van der Waals surface area contributed by atoms with Gasteiger partial charge < -0.3 is 11.1 Å². The lowest BCUT2D eigenvalue weighted by atomic mass is 10.3. The molecule has 6 heteroatoms. The minimum absolute atomic E-state index is 0. The maximum absolute atomic E-state index is 11.4. The van der Waals surface area contributed by atoms with Crippen molar-refractivity contribution in [1.29, 1.82) is 0 Å². The van der Waals surface area contributed by atoms with Gasteiger partial charge in [-0.25, -0.2) is 8.78 Å². The number of hydrogen-bond donors (Lipinski definition) is 2. The molecule has 0 aliphatic rings. The van der Waals surface area contributed by atoms with Crippen LogP contribution in [0.15, 0.2) is 0 Å². The molecule has 0 rings (SSSR count). The first-order valence-corrected chi connectivity index (χ1v) is 2.85. The number of nitrogens with one attached hydrogen (secondary N) is 1. The summed E-state index contributed by atoms with van der Waals surface area (Å²) in [6.07, 6.45) is -2.51. The highest BCUT2D eigenvalue weighted by Crippen LogP contribution is 1.87. The normalized spacial score (nSPS) is 12.1. The number of rotatable bonds is 3. The molecule has 0 bridgehead atoms. The van der Waals surface area contributed by atoms with E-state index in [0.29, 0.717) is 0 Å². The first-order valence-electron chi connectivity index (χ1n) is 2.85. The SMILES string of the molecule is CC(N)C(=O)NCC(F)F.Cl. The van der Waals surface area contributed by atoms with Crippen LogP contribution in [-0.4, -0.2) is 24.9 Å². The standard InChI is InChI=1S/C5H10F2N2O.ClH/c1-3(8)5(10)9-2-4(6)7;/h3-4H,2,8H2,1H3,(H,9,10);1H. The van der Waals surface area contributed by atoms with Crippen LogP contribution in [0.1, 0.15) is 6.92 Å². The molecule has 0 aliphatic carbocycles. The molecular formula is C5H11ClF2N2O. The fourth-order valence-corrected chi connectivity index (χ4v) is 0.339. The first kappa shape index (κ1) is 13.2. The first-order chi connectivity index (χ1) is 4.54. The second kappa shape index (κ2) is 6.30. The Morgan fingerprint density at radius 2 is 2.09 bits per heavy atom. The van der Waals surface area contributed by atoms with E-state index in [1.165, 1.54) is 6.92 Å². The number of halogens is 3. The number of amides is 1. The van der Waals surface area contributed by atoms with E-state index < -0.39 is 24.9 Å². The molecule has 11 heavy (non-hydrogen) atoms. The van der Waals surface area contributed by atoms with E-state index in [4.69, 9.17) is 5.73 Å². The summed E-state index contributed by atoms with van der Waals surface area (Å²) < 4.78 is 22.8. The van der Waals surface area contributed by atoms with Crippen molar-refractivity contribution in [3.8, 4) is 0 Å². The fourth-order valence-electron chi connectivity index (χ4n) is 0.339. The molecule has 1 amide bonds. The molecule has 0 aromatic rings. The number of carbonyl (C=O) groups excluding carboxylic acids is 1. The minimum atomic E-state index is -2.51. The molecule has 3 nitrogen and oxygen atoms in total. The van der Waals surface area contributed by atoms with Crippen molar-refractivity contribution in [1.82, 2.24) is 5.32 Å². The van der Waals surface area contributed by atoms with E-state index in [1.54, 1.807) is 0 Å². The van der Waals surface area contributed by atoms with Crippen LogP contribution in [0.3, 0.4) is 0 Å². The van der Waals surface area contributed by atoms with E-state index in [0.717, 1.165) is 0 Å². The number of carbonyl (C=O) groups is 1. The highest BCUT2D eigenvalue weighted by atomic mass is 35.5. The highest BCUT2D eigenvalue weighted by molar-refractivity contribution is 5.85. The monoisotopic (exact) mass is 188 g/mol. The van der Waals surface area contributed by atoms with Crippen LogP contribution in [0.4, 0.5) is 8.78 Å². The zero-order valence-electron chi connectivity index (χ0n) is 6.01. The molecule has 68 valence electrons. The molecule has 0 saturated heterocycles. The fraction of sp³-hybridized carbons (Fsp3) is 0.800. The largest absolute Gasteiger partial charge is 0.349 e. The Morgan fingerprint density at radius 3 is 2.36 bits per heavy atom. The van der Waals surface area contributed by atoms with Crippen molar-refractivity contribution >= 4 is 18.3 Å². The maximum atomic E-state index is 11.4. The molecular weight excluding hydrogens is 178 g/mol. The van der Waals surface area contributed by atoms with Crippen molar-refractivity contribution < 1.29 is 13.6 Å². The van der Waals surface area contributed by atoms with Crippen molar-refractivity contribution in [2.45, 2.75) is 19.4 Å². The summed E-state index contributed by atoms with van der Waals surface area (Å²) in [5, 5.41) is 1.97. The van der Waals surface area contributed by atoms with Gasteiger partial charge in [-0.2, -0.15) is 0 Å². The van der Waals surface area contributed by atoms with Gasteiger partial charge in [0.15, 0.2) is 0 Å². The van der Waals surface area contributed by atoms with E-state index in [2.05, 4.69) is 0 Å². The second-order valence-corrected chi connectivity index (χ2v) is 1.92. The van der Waals surface area contributed by atoms with Gasteiger partial charge in [0.05, 0.1) is 12.6 Å². The van der Waals surface area contributed by atoms with Crippen molar-refractivity contribution in [3.05, 3.63) is 0 Å². The molecule has 0 heterocycles. The van der Waals surface area contributed by atoms with Crippen molar-refractivity contribution in [2.24, 2.45) is 5.73 Å². The van der Waals surface area contributed by atoms with Crippen LogP contribution in [0.5, 0.6) is 0 Å². The Morgan fingerprint density at radius 1 is 1.64 bits per heavy atom. The zero-order valence-corrected chi connectivity index (χ0v) is 6.83. The smallest absolute Gasteiger partial charge is 0.255 e. The van der Waals surface area contributed by atoms with Gasteiger partial charge in [0.1, 0.15) is 0 Å². The third kappa shape index (κ3) is 7.48. The van der Waals surface area contributed by atoms with Crippen LogP contribution in [0.2, 0.25) is 0 Å². The summed E-state index contributed by atoms with van der Waals surface area (Å²) in [7, 11) is 0. The van der Waals surface area contributed by atoms with Gasteiger partial charge in [-0.1, -0.05) is 0 Å². The summed E-state index contributed by atoms with van der Waals surface area (Å²) in [6.45, 7) is 0.807. The van der Waals surface area contributed by atoms with Crippen molar-refractivity contribution in [2.75, 3.05) is 6.54 Å². The van der Waals surface area contributed by atoms with Crippen molar-refractivity contribution in [3.63, 3.8) is 0 Å². The maximum Gasteiger partial charge on any atom is 0.255 e. The second-order valence-electron chi connectivity index (χ2n) is 1.92. The number of hydrogen-bond acceptors (Lipinski definition) is 2. The van der Waals surface area contributed by atoms with Gasteiger partial charge in [-0.05, 0) is 6.92 Å². The third-order valence-electron chi connectivity index (χ3n) is 0.844. The average molecular weight is 189 g/mol. The van der Waals surface area contributed by atoms with Gasteiger partial charge in [0.25, 0.3) is 6.43 Å². The molecule has 1 unspecified atom stereocenters. The third-order valence-corrected chi connectivity index (χ3v) is 0.844. The number of nitrogens with two attached hydrogens (primary N) is 1. The quantitative estimate of drug-likeness (QED) is 0.662. The highest BCUT2D eigenvalue weighted by Gasteiger charge is 2.08. The summed E-state index contributed by atoms with van der Waals surface area (Å²) in [5.41, 5.74) is 5.07. The van der Waals surface area contributed by atoms with Crippen LogP contribution >= 0.6 is 12.4 Å². The lowest BCUT2D eigenvalue weighted by Gasteiger charge is -2.05. The summed E-state index contributed by atoms with van der Waals surface area (Å²) >= 11 is 0. The molecule has 0 aromatic carbocycles. The predicted molar refractivity (Wildman–Crippen MR) is 39.9 cm³/mol. The summed E-state index contributed by atoms with van der Waals surface area (Å²) in [6, 6.07) is -0.723. The number of alkyl halides is 2. The van der Waals surface area contributed by atoms with Crippen LogP contribution in [0, 0.1) is 0 Å². The predicted octanol–water partition coefficient (Wildman–Crippen LogP) is 0.137. The summed E-state index contributed by atoms with van der Waals surface area (Å²) in [5.74, 6) is -0.555. The van der Waals surface area contributed by atoms with Gasteiger partial charge in [0.2, 0.25) is 5.91 Å². The van der Waals surface area contributed by atoms with Gasteiger partial charge in [0, 0.05) is 0 Å².